The number of hydrogen-bond donors (Lipinski definition) is 1. The van der Waals surface area contributed by atoms with Crippen LogP contribution in [0.5, 0.6) is 0 Å². The monoisotopic (exact) mass is 404 g/mol. The summed E-state index contributed by atoms with van der Waals surface area (Å²) in [7, 11) is 1.55. The number of carbonyl (C=O) groups excluding carboxylic acids is 1. The summed E-state index contributed by atoms with van der Waals surface area (Å²) in [6.07, 6.45) is -0.925. The van der Waals surface area contributed by atoms with Crippen LogP contribution < -0.4 is 5.73 Å². The molecule has 0 spiro atoms. The molecule has 0 bridgehead atoms. The fourth-order valence-electron chi connectivity index (χ4n) is 2.90. The fraction of sp³-hybridized carbons (Fsp3) is 0.611. The molecule has 146 valence electrons. The van der Waals surface area contributed by atoms with E-state index in [0.29, 0.717) is 23.2 Å². The molecule has 1 fully saturated rings. The average Bonchev–Trinajstić information content (AvgIpc) is 2.76. The quantitative estimate of drug-likeness (QED) is 0.831. The minimum Gasteiger partial charge on any atom is -0.444 e. The van der Waals surface area contributed by atoms with Crippen molar-refractivity contribution in [3.63, 3.8) is 0 Å². The number of ether oxygens (including phenoxy) is 3. The van der Waals surface area contributed by atoms with Gasteiger partial charge in [-0.25, -0.2) is 4.79 Å². The number of carbonyl (C=O) groups is 1. The third-order valence-corrected chi connectivity index (χ3v) is 4.97. The standard InChI is InChI=1S/C18H26Cl2N2O4/c1-17(2,3)26-16(23)22-7-8-25-15(18(10-21,11-22)24-4)12-5-6-13(19)14(20)9-12/h5-6,9,15H,7-8,10-11,21H2,1-4H3. The van der Waals surface area contributed by atoms with Gasteiger partial charge in [0.1, 0.15) is 17.3 Å². The van der Waals surface area contributed by atoms with Crippen LogP contribution >= 0.6 is 23.2 Å². The van der Waals surface area contributed by atoms with E-state index in [2.05, 4.69) is 0 Å². The Morgan fingerprint density at radius 1 is 1.38 bits per heavy atom. The van der Waals surface area contributed by atoms with Crippen molar-refractivity contribution in [1.82, 2.24) is 4.90 Å². The van der Waals surface area contributed by atoms with Crippen molar-refractivity contribution < 1.29 is 19.0 Å². The van der Waals surface area contributed by atoms with Crippen LogP contribution in [-0.2, 0) is 14.2 Å². The molecule has 0 saturated carbocycles. The summed E-state index contributed by atoms with van der Waals surface area (Å²) in [4.78, 5) is 14.1. The Hall–Kier alpha value is -1.05. The predicted molar refractivity (Wildman–Crippen MR) is 102 cm³/mol. The Labute approximate surface area is 164 Å². The van der Waals surface area contributed by atoms with Crippen LogP contribution in [-0.4, -0.2) is 55.5 Å². The molecule has 2 rings (SSSR count). The third kappa shape index (κ3) is 4.81. The lowest BCUT2D eigenvalue weighted by atomic mass is 9.90. The van der Waals surface area contributed by atoms with Crippen LogP contribution in [0.3, 0.4) is 0 Å². The molecule has 0 aliphatic carbocycles. The van der Waals surface area contributed by atoms with Crippen molar-refractivity contribution in [2.24, 2.45) is 5.73 Å². The topological polar surface area (TPSA) is 74.0 Å². The zero-order valence-electron chi connectivity index (χ0n) is 15.6. The lowest BCUT2D eigenvalue weighted by molar-refractivity contribution is -0.117. The maximum absolute atomic E-state index is 12.5. The molecule has 0 aromatic heterocycles. The van der Waals surface area contributed by atoms with E-state index in [0.717, 1.165) is 5.56 Å². The molecular formula is C18H26Cl2N2O4. The van der Waals surface area contributed by atoms with Gasteiger partial charge in [0, 0.05) is 20.2 Å². The van der Waals surface area contributed by atoms with Gasteiger partial charge in [-0.15, -0.1) is 0 Å². The Kier molecular flexibility index (Phi) is 6.80. The highest BCUT2D eigenvalue weighted by Crippen LogP contribution is 2.37. The van der Waals surface area contributed by atoms with E-state index in [1.165, 1.54) is 0 Å². The number of amides is 1. The molecule has 1 heterocycles. The number of benzene rings is 1. The second-order valence-electron chi connectivity index (χ2n) is 7.30. The third-order valence-electron chi connectivity index (χ3n) is 4.23. The molecule has 1 amide bonds. The largest absolute Gasteiger partial charge is 0.444 e. The van der Waals surface area contributed by atoms with E-state index >= 15 is 0 Å². The van der Waals surface area contributed by atoms with Crippen LogP contribution in [0.2, 0.25) is 10.0 Å². The summed E-state index contributed by atoms with van der Waals surface area (Å²) in [6, 6.07) is 5.27. The number of rotatable bonds is 3. The first kappa shape index (κ1) is 21.3. The molecule has 1 aromatic rings. The molecule has 2 atom stereocenters. The second kappa shape index (κ2) is 8.31. The fourth-order valence-corrected chi connectivity index (χ4v) is 3.21. The molecule has 2 N–H and O–H groups in total. The summed E-state index contributed by atoms with van der Waals surface area (Å²) in [5.74, 6) is 0. The number of hydrogen-bond acceptors (Lipinski definition) is 5. The van der Waals surface area contributed by atoms with Gasteiger partial charge in [0.25, 0.3) is 0 Å². The summed E-state index contributed by atoms with van der Waals surface area (Å²) in [5.41, 5.74) is 5.32. The lowest BCUT2D eigenvalue weighted by Crippen LogP contribution is -2.54. The maximum atomic E-state index is 12.5. The van der Waals surface area contributed by atoms with Crippen LogP contribution in [0.1, 0.15) is 32.4 Å². The molecule has 8 heteroatoms. The van der Waals surface area contributed by atoms with E-state index < -0.39 is 23.4 Å². The smallest absolute Gasteiger partial charge is 0.410 e. The summed E-state index contributed by atoms with van der Waals surface area (Å²) in [6.45, 7) is 6.54. The molecule has 1 saturated heterocycles. The van der Waals surface area contributed by atoms with Crippen LogP contribution in [0.4, 0.5) is 4.79 Å². The van der Waals surface area contributed by atoms with Crippen molar-refractivity contribution in [2.75, 3.05) is 33.4 Å². The minimum absolute atomic E-state index is 0.147. The van der Waals surface area contributed by atoms with E-state index in [1.807, 2.05) is 26.8 Å². The second-order valence-corrected chi connectivity index (χ2v) is 8.11. The van der Waals surface area contributed by atoms with Gasteiger partial charge < -0.3 is 24.8 Å². The van der Waals surface area contributed by atoms with Crippen molar-refractivity contribution in [3.05, 3.63) is 33.8 Å². The number of methoxy groups -OCH3 is 1. The first-order chi connectivity index (χ1) is 12.1. The van der Waals surface area contributed by atoms with Gasteiger partial charge in [-0.05, 0) is 38.5 Å². The van der Waals surface area contributed by atoms with Crippen molar-refractivity contribution in [3.8, 4) is 0 Å². The van der Waals surface area contributed by atoms with E-state index in [9.17, 15) is 4.79 Å². The molecule has 26 heavy (non-hydrogen) atoms. The molecular weight excluding hydrogens is 379 g/mol. The minimum atomic E-state index is -0.940. The molecule has 1 aromatic carbocycles. The number of halogens is 2. The van der Waals surface area contributed by atoms with Crippen molar-refractivity contribution >= 4 is 29.3 Å². The van der Waals surface area contributed by atoms with Gasteiger partial charge in [0.05, 0.1) is 23.2 Å². The summed E-state index contributed by atoms with van der Waals surface area (Å²) < 4.78 is 17.3. The zero-order valence-corrected chi connectivity index (χ0v) is 17.1. The normalized spacial score (nSPS) is 24.3. The summed E-state index contributed by atoms with van der Waals surface area (Å²) >= 11 is 12.2. The molecule has 0 radical (unpaired) electrons. The number of nitrogens with two attached hydrogens (primary N) is 1. The highest BCUT2D eigenvalue weighted by Gasteiger charge is 2.45. The highest BCUT2D eigenvalue weighted by molar-refractivity contribution is 6.42. The van der Waals surface area contributed by atoms with Crippen LogP contribution in [0, 0.1) is 0 Å². The van der Waals surface area contributed by atoms with Gasteiger partial charge in [-0.2, -0.15) is 0 Å². The SMILES string of the molecule is COC1(CN)CN(C(=O)OC(C)(C)C)CCOC1c1ccc(Cl)c(Cl)c1. The molecule has 6 nitrogen and oxygen atoms in total. The van der Waals surface area contributed by atoms with Crippen molar-refractivity contribution in [2.45, 2.75) is 38.1 Å². The van der Waals surface area contributed by atoms with E-state index in [4.69, 9.17) is 43.1 Å². The Morgan fingerprint density at radius 3 is 2.62 bits per heavy atom. The van der Waals surface area contributed by atoms with Gasteiger partial charge >= 0.3 is 6.09 Å². The maximum Gasteiger partial charge on any atom is 0.410 e. The Balaban J connectivity index is 2.33. The highest BCUT2D eigenvalue weighted by atomic mass is 35.5. The van der Waals surface area contributed by atoms with Gasteiger partial charge in [0.15, 0.2) is 0 Å². The first-order valence-corrected chi connectivity index (χ1v) is 9.17. The molecule has 1 aliphatic rings. The van der Waals surface area contributed by atoms with Gasteiger partial charge in [0.2, 0.25) is 0 Å². The molecule has 1 aliphatic heterocycles. The molecule has 2 unspecified atom stereocenters. The predicted octanol–water partition coefficient (Wildman–Crippen LogP) is 3.65. The Morgan fingerprint density at radius 2 is 2.08 bits per heavy atom. The van der Waals surface area contributed by atoms with E-state index in [-0.39, 0.29) is 13.1 Å². The van der Waals surface area contributed by atoms with E-state index in [1.54, 1.807) is 24.1 Å². The summed E-state index contributed by atoms with van der Waals surface area (Å²) in [5, 5.41) is 0.873. The van der Waals surface area contributed by atoms with Crippen LogP contribution in [0.15, 0.2) is 18.2 Å². The lowest BCUT2D eigenvalue weighted by Gasteiger charge is -2.39. The zero-order chi connectivity index (χ0) is 19.5. The van der Waals surface area contributed by atoms with Crippen LogP contribution in [0.25, 0.3) is 0 Å². The average molecular weight is 405 g/mol. The van der Waals surface area contributed by atoms with Crippen molar-refractivity contribution in [1.29, 1.82) is 0 Å². The van der Waals surface area contributed by atoms with Gasteiger partial charge in [-0.1, -0.05) is 29.3 Å². The van der Waals surface area contributed by atoms with Gasteiger partial charge in [-0.3, -0.25) is 0 Å². The number of nitrogens with zero attached hydrogens (tertiary/aromatic N) is 1. The Bertz CT molecular complexity index is 645. The first-order valence-electron chi connectivity index (χ1n) is 8.41.